The molecule has 0 spiro atoms. The number of hydrogen-bond donors (Lipinski definition) is 2. The molecule has 2 amide bonds. The molecule has 1 unspecified atom stereocenters. The Hall–Kier alpha value is -1.16. The molecular formula is C13H18N2OS. The van der Waals surface area contributed by atoms with Crippen LogP contribution in [0, 0.1) is 13.8 Å². The Balaban J connectivity index is 2.19. The molecule has 0 aliphatic carbocycles. The number of carbonyl (C=O) groups excluding carboxylic acids is 1. The lowest BCUT2D eigenvalue weighted by Gasteiger charge is -2.15. The van der Waals surface area contributed by atoms with E-state index in [2.05, 4.69) is 50.0 Å². The molecule has 4 heteroatoms. The average molecular weight is 250 g/mol. The van der Waals surface area contributed by atoms with Crippen LogP contribution in [-0.2, 0) is 0 Å². The van der Waals surface area contributed by atoms with Gasteiger partial charge in [0, 0.05) is 18.8 Å². The summed E-state index contributed by atoms with van der Waals surface area (Å²) in [6.45, 7) is 5.60. The van der Waals surface area contributed by atoms with Gasteiger partial charge in [0.1, 0.15) is 0 Å². The number of aryl methyl sites for hydroxylation is 2. The van der Waals surface area contributed by atoms with Crippen LogP contribution in [0.5, 0.6) is 0 Å². The van der Waals surface area contributed by atoms with E-state index in [0.29, 0.717) is 12.3 Å². The minimum absolute atomic E-state index is 0.0185. The van der Waals surface area contributed by atoms with Gasteiger partial charge in [0.05, 0.1) is 6.04 Å². The summed E-state index contributed by atoms with van der Waals surface area (Å²) in [5, 5.41) is 3.03. The maximum absolute atomic E-state index is 11.7. The maximum Gasteiger partial charge on any atom is 0.318 e. The van der Waals surface area contributed by atoms with Crippen molar-refractivity contribution in [3.8, 4) is 0 Å². The fourth-order valence-corrected chi connectivity index (χ4v) is 2.46. The molecule has 1 fully saturated rings. The molecule has 1 heterocycles. The van der Waals surface area contributed by atoms with Crippen LogP contribution in [0.15, 0.2) is 18.2 Å². The van der Waals surface area contributed by atoms with Crippen molar-refractivity contribution in [3.05, 3.63) is 34.9 Å². The number of urea groups is 1. The van der Waals surface area contributed by atoms with E-state index in [4.69, 9.17) is 0 Å². The molecule has 1 N–H and O–H groups in total. The first-order valence-electron chi connectivity index (χ1n) is 5.85. The molecule has 0 bridgehead atoms. The number of carbonyl (C=O) groups is 1. The molecule has 1 aromatic rings. The average Bonchev–Trinajstić information content (AvgIpc) is 2.64. The van der Waals surface area contributed by atoms with Gasteiger partial charge in [0.15, 0.2) is 0 Å². The SMILES string of the molecule is Cc1ccc(C)c(C2CN(CCS)C(=O)N2)c1. The number of nitrogens with zero attached hydrogens (tertiary/aromatic N) is 1. The number of thiol groups is 1. The molecule has 92 valence electrons. The van der Waals surface area contributed by atoms with E-state index in [0.717, 1.165) is 6.54 Å². The Morgan fingerprint density at radius 1 is 1.47 bits per heavy atom. The fourth-order valence-electron chi connectivity index (χ4n) is 2.21. The van der Waals surface area contributed by atoms with Gasteiger partial charge < -0.3 is 10.2 Å². The van der Waals surface area contributed by atoms with Crippen molar-refractivity contribution in [1.29, 1.82) is 0 Å². The van der Waals surface area contributed by atoms with E-state index in [1.54, 1.807) is 0 Å². The second-order valence-corrected chi connectivity index (χ2v) is 4.98. The molecule has 17 heavy (non-hydrogen) atoms. The molecule has 1 atom stereocenters. The quantitative estimate of drug-likeness (QED) is 0.793. The topological polar surface area (TPSA) is 32.3 Å². The Labute approximate surface area is 108 Å². The van der Waals surface area contributed by atoms with Gasteiger partial charge in [-0.3, -0.25) is 0 Å². The monoisotopic (exact) mass is 250 g/mol. The second kappa shape index (κ2) is 5.00. The first kappa shape index (κ1) is 12.3. The van der Waals surface area contributed by atoms with Gasteiger partial charge in [-0.15, -0.1) is 0 Å². The van der Waals surface area contributed by atoms with E-state index >= 15 is 0 Å². The van der Waals surface area contributed by atoms with E-state index < -0.39 is 0 Å². The van der Waals surface area contributed by atoms with Crippen molar-refractivity contribution < 1.29 is 4.79 Å². The Morgan fingerprint density at radius 2 is 2.24 bits per heavy atom. The number of nitrogens with one attached hydrogen (secondary N) is 1. The second-order valence-electron chi connectivity index (χ2n) is 4.53. The van der Waals surface area contributed by atoms with Crippen LogP contribution in [0.2, 0.25) is 0 Å². The van der Waals surface area contributed by atoms with Gasteiger partial charge >= 0.3 is 6.03 Å². The Bertz CT molecular complexity index is 433. The summed E-state index contributed by atoms with van der Waals surface area (Å²) in [4.78, 5) is 13.5. The standard InChI is InChI=1S/C13H18N2OS/c1-9-3-4-10(2)11(7-9)12-8-15(5-6-17)13(16)14-12/h3-4,7,12,17H,5-6,8H2,1-2H3,(H,14,16). The zero-order valence-electron chi connectivity index (χ0n) is 10.2. The van der Waals surface area contributed by atoms with E-state index in [9.17, 15) is 4.79 Å². The Kier molecular flexibility index (Phi) is 3.62. The molecule has 0 aromatic heterocycles. The molecule has 1 aromatic carbocycles. The highest BCUT2D eigenvalue weighted by Gasteiger charge is 2.29. The van der Waals surface area contributed by atoms with Gasteiger partial charge in [-0.25, -0.2) is 4.79 Å². The summed E-state index contributed by atoms with van der Waals surface area (Å²) in [7, 11) is 0. The normalized spacial score (nSPS) is 19.6. The predicted molar refractivity (Wildman–Crippen MR) is 72.6 cm³/mol. The Morgan fingerprint density at radius 3 is 2.94 bits per heavy atom. The third-order valence-electron chi connectivity index (χ3n) is 3.17. The van der Waals surface area contributed by atoms with Crippen LogP contribution in [0.3, 0.4) is 0 Å². The lowest BCUT2D eigenvalue weighted by atomic mass is 9.99. The van der Waals surface area contributed by atoms with Gasteiger partial charge in [0.25, 0.3) is 0 Å². The lowest BCUT2D eigenvalue weighted by molar-refractivity contribution is 0.220. The van der Waals surface area contributed by atoms with Gasteiger partial charge in [-0.1, -0.05) is 23.8 Å². The maximum atomic E-state index is 11.7. The molecule has 1 aliphatic heterocycles. The van der Waals surface area contributed by atoms with Gasteiger partial charge in [-0.05, 0) is 25.0 Å². The summed E-state index contributed by atoms with van der Waals surface area (Å²) in [5.74, 6) is 0.701. The van der Waals surface area contributed by atoms with Crippen molar-refractivity contribution in [2.24, 2.45) is 0 Å². The van der Waals surface area contributed by atoms with Crippen LogP contribution >= 0.6 is 12.6 Å². The smallest absolute Gasteiger partial charge is 0.318 e. The number of rotatable bonds is 3. The first-order chi connectivity index (χ1) is 8.11. The molecule has 1 saturated heterocycles. The molecule has 0 saturated carbocycles. The summed E-state index contributed by atoms with van der Waals surface area (Å²) in [6, 6.07) is 6.50. The van der Waals surface area contributed by atoms with Crippen molar-refractivity contribution in [3.63, 3.8) is 0 Å². The minimum Gasteiger partial charge on any atom is -0.329 e. The fraction of sp³-hybridized carbons (Fsp3) is 0.462. The minimum atomic E-state index is 0.0185. The zero-order valence-corrected chi connectivity index (χ0v) is 11.1. The van der Waals surface area contributed by atoms with E-state index in [1.807, 2.05) is 4.90 Å². The number of benzene rings is 1. The predicted octanol–water partition coefficient (Wildman–Crippen LogP) is 2.30. The van der Waals surface area contributed by atoms with E-state index in [-0.39, 0.29) is 12.1 Å². The van der Waals surface area contributed by atoms with Crippen LogP contribution < -0.4 is 5.32 Å². The first-order valence-corrected chi connectivity index (χ1v) is 6.48. The van der Waals surface area contributed by atoms with Crippen molar-refractivity contribution in [1.82, 2.24) is 10.2 Å². The highest BCUT2D eigenvalue weighted by atomic mass is 32.1. The molecule has 1 aliphatic rings. The molecule has 2 rings (SSSR count). The number of amides is 2. The molecule has 3 nitrogen and oxygen atoms in total. The largest absolute Gasteiger partial charge is 0.329 e. The third kappa shape index (κ3) is 2.57. The highest BCUT2D eigenvalue weighted by molar-refractivity contribution is 7.80. The third-order valence-corrected chi connectivity index (χ3v) is 3.37. The van der Waals surface area contributed by atoms with Crippen LogP contribution in [0.1, 0.15) is 22.7 Å². The van der Waals surface area contributed by atoms with Crippen molar-refractivity contribution in [2.45, 2.75) is 19.9 Å². The zero-order chi connectivity index (χ0) is 12.4. The van der Waals surface area contributed by atoms with Crippen LogP contribution in [-0.4, -0.2) is 29.8 Å². The summed E-state index contributed by atoms with van der Waals surface area (Å²) >= 11 is 4.17. The van der Waals surface area contributed by atoms with Gasteiger partial charge in [0.2, 0.25) is 0 Å². The van der Waals surface area contributed by atoms with Gasteiger partial charge in [-0.2, -0.15) is 12.6 Å². The molecular weight excluding hydrogens is 232 g/mol. The summed E-state index contributed by atoms with van der Waals surface area (Å²) in [6.07, 6.45) is 0. The van der Waals surface area contributed by atoms with Crippen molar-refractivity contribution >= 4 is 18.7 Å². The summed E-state index contributed by atoms with van der Waals surface area (Å²) in [5.41, 5.74) is 3.68. The summed E-state index contributed by atoms with van der Waals surface area (Å²) < 4.78 is 0. The number of hydrogen-bond acceptors (Lipinski definition) is 2. The molecule has 0 radical (unpaired) electrons. The van der Waals surface area contributed by atoms with Crippen molar-refractivity contribution in [2.75, 3.05) is 18.8 Å². The lowest BCUT2D eigenvalue weighted by Crippen LogP contribution is -2.29. The van der Waals surface area contributed by atoms with E-state index in [1.165, 1.54) is 16.7 Å². The van der Waals surface area contributed by atoms with Crippen LogP contribution in [0.4, 0.5) is 4.79 Å². The highest BCUT2D eigenvalue weighted by Crippen LogP contribution is 2.24. The van der Waals surface area contributed by atoms with Crippen LogP contribution in [0.25, 0.3) is 0 Å².